The minimum atomic E-state index is -0.603. The second-order valence-corrected chi connectivity index (χ2v) is 5.46. The fourth-order valence-corrected chi connectivity index (χ4v) is 1.82. The number of carbonyl (C=O) groups excluding carboxylic acids is 2. The molecule has 0 saturated heterocycles. The van der Waals surface area contributed by atoms with Crippen molar-refractivity contribution in [3.05, 3.63) is 24.3 Å². The summed E-state index contributed by atoms with van der Waals surface area (Å²) in [5, 5.41) is 0. The Bertz CT molecular complexity index is 385. The molecule has 0 aromatic rings. The van der Waals surface area contributed by atoms with Gasteiger partial charge in [-0.15, -0.1) is 0 Å². The fourth-order valence-electron chi connectivity index (χ4n) is 1.82. The minimum Gasteiger partial charge on any atom is -0.462 e. The lowest BCUT2D eigenvalue weighted by Gasteiger charge is -2.15. The maximum absolute atomic E-state index is 11.9. The third-order valence-electron chi connectivity index (χ3n) is 3.58. The molecule has 0 aromatic carbocycles. The van der Waals surface area contributed by atoms with E-state index in [1.165, 1.54) is 0 Å². The van der Waals surface area contributed by atoms with Gasteiger partial charge in [0.2, 0.25) is 0 Å². The van der Waals surface area contributed by atoms with E-state index >= 15 is 0 Å². The Morgan fingerprint density at radius 1 is 0.909 bits per heavy atom. The van der Waals surface area contributed by atoms with Crippen molar-refractivity contribution in [2.45, 2.75) is 59.3 Å². The highest BCUT2D eigenvalue weighted by atomic mass is 16.5. The third kappa shape index (κ3) is 8.01. The predicted molar refractivity (Wildman–Crippen MR) is 88.4 cm³/mol. The number of rotatable bonds is 12. The molecule has 0 rings (SSSR count). The molecule has 0 aromatic heterocycles. The van der Waals surface area contributed by atoms with Crippen LogP contribution in [0.3, 0.4) is 0 Å². The summed E-state index contributed by atoms with van der Waals surface area (Å²) in [6.45, 7) is 14.1. The lowest BCUT2D eigenvalue weighted by atomic mass is 10.0. The van der Waals surface area contributed by atoms with Crippen LogP contribution >= 0.6 is 0 Å². The Balaban J connectivity index is 4.26. The summed E-state index contributed by atoms with van der Waals surface area (Å²) in [7, 11) is 0. The molecule has 0 spiro atoms. The van der Waals surface area contributed by atoms with Crippen LogP contribution in [-0.2, 0) is 19.1 Å². The standard InChI is InChI=1S/C18H30O4/c1-6-9-11-16(8-3)13-22-18(20)15(5)14(4)17(19)21-12-10-7-2/h16H,4-13H2,1-3H3. The molecule has 4 heteroatoms. The molecule has 22 heavy (non-hydrogen) atoms. The maximum atomic E-state index is 11.9. The number of ether oxygens (including phenoxy) is 2. The van der Waals surface area contributed by atoms with Gasteiger partial charge in [-0.25, -0.2) is 9.59 Å². The van der Waals surface area contributed by atoms with Gasteiger partial charge in [-0.05, 0) is 18.8 Å². The second-order valence-electron chi connectivity index (χ2n) is 5.46. The SMILES string of the molecule is C=C(C(=C)C(=O)OCC(CC)CCCC)C(=O)OCCCC. The molecule has 0 N–H and O–H groups in total. The number of hydrogen-bond donors (Lipinski definition) is 0. The van der Waals surface area contributed by atoms with Crippen LogP contribution in [0.1, 0.15) is 59.3 Å². The summed E-state index contributed by atoms with van der Waals surface area (Å²) in [5.74, 6) is -0.845. The van der Waals surface area contributed by atoms with Crippen molar-refractivity contribution >= 4 is 11.9 Å². The molecule has 0 radical (unpaired) electrons. The van der Waals surface area contributed by atoms with Gasteiger partial charge in [0.25, 0.3) is 0 Å². The van der Waals surface area contributed by atoms with Gasteiger partial charge < -0.3 is 9.47 Å². The quantitative estimate of drug-likeness (QED) is 0.235. The average molecular weight is 310 g/mol. The molecule has 0 fully saturated rings. The normalized spacial score (nSPS) is 11.6. The molecule has 0 aliphatic heterocycles. The highest BCUT2D eigenvalue weighted by Gasteiger charge is 2.20. The zero-order chi connectivity index (χ0) is 17.0. The van der Waals surface area contributed by atoms with E-state index in [0.29, 0.717) is 19.1 Å². The summed E-state index contributed by atoms with van der Waals surface area (Å²) in [5.41, 5.74) is -0.0467. The average Bonchev–Trinajstić information content (AvgIpc) is 2.53. The highest BCUT2D eigenvalue weighted by Crippen LogP contribution is 2.15. The van der Waals surface area contributed by atoms with Crippen LogP contribution in [-0.4, -0.2) is 25.2 Å². The van der Waals surface area contributed by atoms with Crippen molar-refractivity contribution in [3.63, 3.8) is 0 Å². The Morgan fingerprint density at radius 3 is 1.95 bits per heavy atom. The minimum absolute atomic E-state index is 0.0214. The smallest absolute Gasteiger partial charge is 0.338 e. The highest BCUT2D eigenvalue weighted by molar-refractivity contribution is 6.06. The number of unbranched alkanes of at least 4 members (excludes halogenated alkanes) is 2. The molecule has 0 aliphatic carbocycles. The van der Waals surface area contributed by atoms with Crippen molar-refractivity contribution in [1.82, 2.24) is 0 Å². The van der Waals surface area contributed by atoms with Crippen LogP contribution in [0.25, 0.3) is 0 Å². The van der Waals surface area contributed by atoms with Gasteiger partial charge in [-0.2, -0.15) is 0 Å². The van der Waals surface area contributed by atoms with E-state index in [2.05, 4.69) is 27.0 Å². The van der Waals surface area contributed by atoms with Crippen molar-refractivity contribution in [1.29, 1.82) is 0 Å². The van der Waals surface area contributed by atoms with E-state index in [1.54, 1.807) is 0 Å². The van der Waals surface area contributed by atoms with Gasteiger partial charge in [0.1, 0.15) is 0 Å². The second kappa shape index (κ2) is 12.0. The maximum Gasteiger partial charge on any atom is 0.338 e. The molecule has 4 nitrogen and oxygen atoms in total. The van der Waals surface area contributed by atoms with Gasteiger partial charge in [-0.3, -0.25) is 0 Å². The molecule has 0 saturated carbocycles. The molecular formula is C18H30O4. The first kappa shape index (κ1) is 20.4. The third-order valence-corrected chi connectivity index (χ3v) is 3.58. The van der Waals surface area contributed by atoms with E-state index in [4.69, 9.17) is 9.47 Å². The lowest BCUT2D eigenvalue weighted by molar-refractivity contribution is -0.143. The summed E-state index contributed by atoms with van der Waals surface area (Å²) >= 11 is 0. The van der Waals surface area contributed by atoms with Crippen LogP contribution in [0.5, 0.6) is 0 Å². The number of esters is 2. The van der Waals surface area contributed by atoms with Crippen molar-refractivity contribution in [3.8, 4) is 0 Å². The Hall–Kier alpha value is -1.58. The first-order chi connectivity index (χ1) is 10.5. The van der Waals surface area contributed by atoms with E-state index < -0.39 is 11.9 Å². The lowest BCUT2D eigenvalue weighted by Crippen LogP contribution is -2.19. The zero-order valence-corrected chi connectivity index (χ0v) is 14.3. The van der Waals surface area contributed by atoms with Crippen molar-refractivity contribution in [2.24, 2.45) is 5.92 Å². The van der Waals surface area contributed by atoms with Crippen LogP contribution in [0.15, 0.2) is 24.3 Å². The largest absolute Gasteiger partial charge is 0.462 e. The van der Waals surface area contributed by atoms with Crippen LogP contribution in [0, 0.1) is 5.92 Å². The van der Waals surface area contributed by atoms with E-state index in [1.807, 2.05) is 6.92 Å². The first-order valence-electron chi connectivity index (χ1n) is 8.20. The molecule has 126 valence electrons. The fraction of sp³-hybridized carbons (Fsp3) is 0.667. The van der Waals surface area contributed by atoms with Gasteiger partial charge in [-0.1, -0.05) is 59.6 Å². The van der Waals surface area contributed by atoms with Gasteiger partial charge in [0, 0.05) is 0 Å². The van der Waals surface area contributed by atoms with E-state index in [-0.39, 0.29) is 11.1 Å². The molecule has 0 amide bonds. The predicted octanol–water partition coefficient (Wildman–Crippen LogP) is 4.20. The monoisotopic (exact) mass is 310 g/mol. The topological polar surface area (TPSA) is 52.6 Å². The first-order valence-corrected chi connectivity index (χ1v) is 8.20. The Morgan fingerprint density at radius 2 is 1.45 bits per heavy atom. The summed E-state index contributed by atoms with van der Waals surface area (Å²) in [6, 6.07) is 0. The molecular weight excluding hydrogens is 280 g/mol. The number of carbonyl (C=O) groups is 2. The molecule has 0 aliphatic rings. The van der Waals surface area contributed by atoms with Gasteiger partial charge in [0.05, 0.1) is 24.4 Å². The van der Waals surface area contributed by atoms with Crippen LogP contribution in [0.4, 0.5) is 0 Å². The van der Waals surface area contributed by atoms with Crippen LogP contribution < -0.4 is 0 Å². The van der Waals surface area contributed by atoms with Crippen molar-refractivity contribution in [2.75, 3.05) is 13.2 Å². The van der Waals surface area contributed by atoms with Gasteiger partial charge >= 0.3 is 11.9 Å². The van der Waals surface area contributed by atoms with Crippen LogP contribution in [0.2, 0.25) is 0 Å². The summed E-state index contributed by atoms with van der Waals surface area (Å²) < 4.78 is 10.3. The summed E-state index contributed by atoms with van der Waals surface area (Å²) in [4.78, 5) is 23.6. The Labute approximate surface area is 134 Å². The van der Waals surface area contributed by atoms with E-state index in [0.717, 1.165) is 38.5 Å². The van der Waals surface area contributed by atoms with E-state index in [9.17, 15) is 9.59 Å². The molecule has 1 atom stereocenters. The molecule has 1 unspecified atom stereocenters. The van der Waals surface area contributed by atoms with Gasteiger partial charge in [0.15, 0.2) is 0 Å². The molecule has 0 heterocycles. The summed E-state index contributed by atoms with van der Waals surface area (Å²) in [6.07, 6.45) is 5.95. The zero-order valence-electron chi connectivity index (χ0n) is 14.3. The Kier molecular flexibility index (Phi) is 11.2. The molecule has 0 bridgehead atoms. The number of hydrogen-bond acceptors (Lipinski definition) is 4. The van der Waals surface area contributed by atoms with Crippen molar-refractivity contribution < 1.29 is 19.1 Å².